The summed E-state index contributed by atoms with van der Waals surface area (Å²) in [5, 5.41) is 1.92. The first-order chi connectivity index (χ1) is 7.15. The molecule has 0 aromatic rings. The van der Waals surface area contributed by atoms with Crippen molar-refractivity contribution in [3.8, 4) is 12.3 Å². The van der Waals surface area contributed by atoms with E-state index in [-0.39, 0.29) is 12.3 Å². The summed E-state index contributed by atoms with van der Waals surface area (Å²) in [6, 6.07) is 0. The zero-order chi connectivity index (χ0) is 11.3. The van der Waals surface area contributed by atoms with Crippen molar-refractivity contribution < 1.29 is 14.4 Å². The van der Waals surface area contributed by atoms with Gasteiger partial charge in [-0.25, -0.2) is 4.79 Å². The summed E-state index contributed by atoms with van der Waals surface area (Å²) in [6.07, 6.45) is 7.55. The smallest absolute Gasteiger partial charge is 0.333 e. The quantitative estimate of drug-likeness (QED) is 0.371. The lowest BCUT2D eigenvalue weighted by atomic mass is 10.2. The summed E-state index contributed by atoms with van der Waals surface area (Å²) in [4.78, 5) is 27.4. The summed E-state index contributed by atoms with van der Waals surface area (Å²) in [5.41, 5.74) is 0. The summed E-state index contributed by atoms with van der Waals surface area (Å²) in [6.45, 7) is 0. The SMILES string of the molecule is C#CCCCC(=O)ON1C(=O)CCC1=[SiH2]. The fourth-order valence-electron chi connectivity index (χ4n) is 1.23. The fraction of sp³-hybridized carbons (Fsp3) is 0.500. The molecule has 0 bridgehead atoms. The molecule has 4 nitrogen and oxygen atoms in total. The molecule has 1 heterocycles. The largest absolute Gasteiger partial charge is 0.334 e. The molecular weight excluding hydrogens is 210 g/mol. The molecule has 0 radical (unpaired) electrons. The molecule has 0 saturated carbocycles. The number of nitrogens with zero attached hydrogens (tertiary/aromatic N) is 1. The minimum Gasteiger partial charge on any atom is -0.334 e. The van der Waals surface area contributed by atoms with Crippen LogP contribution in [0, 0.1) is 12.3 Å². The number of rotatable bonds is 4. The first-order valence-corrected chi connectivity index (χ1v) is 5.51. The molecule has 1 amide bonds. The van der Waals surface area contributed by atoms with Gasteiger partial charge >= 0.3 is 5.97 Å². The Kier molecular flexibility index (Phi) is 4.25. The number of unbranched alkanes of at least 4 members (excludes halogenated alkanes) is 1. The molecule has 0 aromatic carbocycles. The van der Waals surface area contributed by atoms with Crippen molar-refractivity contribution in [2.75, 3.05) is 0 Å². The van der Waals surface area contributed by atoms with Gasteiger partial charge in [0.05, 0.1) is 0 Å². The molecule has 1 saturated heterocycles. The van der Waals surface area contributed by atoms with Gasteiger partial charge in [-0.2, -0.15) is 0 Å². The monoisotopic (exact) mass is 223 g/mol. The lowest BCUT2D eigenvalue weighted by Crippen LogP contribution is -2.32. The van der Waals surface area contributed by atoms with Crippen molar-refractivity contribution >= 4 is 27.0 Å². The van der Waals surface area contributed by atoms with E-state index in [9.17, 15) is 9.59 Å². The molecule has 5 heteroatoms. The number of hydroxylamine groups is 2. The van der Waals surface area contributed by atoms with Crippen LogP contribution in [0.3, 0.4) is 0 Å². The van der Waals surface area contributed by atoms with Crippen molar-refractivity contribution in [1.29, 1.82) is 0 Å². The zero-order valence-electron chi connectivity index (χ0n) is 8.49. The lowest BCUT2D eigenvalue weighted by molar-refractivity contribution is -0.180. The van der Waals surface area contributed by atoms with Crippen LogP contribution in [0.25, 0.3) is 0 Å². The first kappa shape index (κ1) is 11.7. The Morgan fingerprint density at radius 3 is 2.87 bits per heavy atom. The highest BCUT2D eigenvalue weighted by atomic mass is 28.1. The number of terminal acetylenes is 1. The Balaban J connectivity index is 2.34. The number of hydrogen-bond donors (Lipinski definition) is 0. The van der Waals surface area contributed by atoms with E-state index in [1.54, 1.807) is 9.85 Å². The van der Waals surface area contributed by atoms with Gasteiger partial charge in [0.25, 0.3) is 5.91 Å². The summed E-state index contributed by atoms with van der Waals surface area (Å²) in [7, 11) is 1.57. The summed E-state index contributed by atoms with van der Waals surface area (Å²) in [5.74, 6) is 1.90. The molecule has 0 aliphatic carbocycles. The van der Waals surface area contributed by atoms with Crippen LogP contribution in [0.2, 0.25) is 0 Å². The molecule has 1 rings (SSSR count). The van der Waals surface area contributed by atoms with Gasteiger partial charge in [0, 0.05) is 34.4 Å². The van der Waals surface area contributed by atoms with Gasteiger partial charge in [0.1, 0.15) is 0 Å². The van der Waals surface area contributed by atoms with Crippen molar-refractivity contribution in [1.82, 2.24) is 5.06 Å². The number of hydrogen-bond acceptors (Lipinski definition) is 3. The predicted molar refractivity (Wildman–Crippen MR) is 58.4 cm³/mol. The van der Waals surface area contributed by atoms with Gasteiger partial charge in [0.2, 0.25) is 0 Å². The summed E-state index contributed by atoms with van der Waals surface area (Å²) < 4.78 is 0. The normalized spacial score (nSPS) is 15.3. The van der Waals surface area contributed by atoms with Crippen molar-refractivity contribution in [3.63, 3.8) is 0 Å². The number of amides is 1. The molecule has 1 aliphatic rings. The van der Waals surface area contributed by atoms with Crippen LogP contribution in [0.4, 0.5) is 0 Å². The Labute approximate surface area is 91.6 Å². The van der Waals surface area contributed by atoms with E-state index in [0.29, 0.717) is 25.7 Å². The Morgan fingerprint density at radius 1 is 1.60 bits per heavy atom. The molecule has 15 heavy (non-hydrogen) atoms. The summed E-state index contributed by atoms with van der Waals surface area (Å²) >= 11 is 0. The molecule has 0 spiro atoms. The van der Waals surface area contributed by atoms with E-state index < -0.39 is 5.97 Å². The second kappa shape index (κ2) is 5.46. The van der Waals surface area contributed by atoms with Gasteiger partial charge < -0.3 is 4.84 Å². The maximum absolute atomic E-state index is 11.3. The molecule has 0 atom stereocenters. The van der Waals surface area contributed by atoms with Gasteiger partial charge in [-0.15, -0.1) is 17.4 Å². The van der Waals surface area contributed by atoms with E-state index in [4.69, 9.17) is 11.3 Å². The van der Waals surface area contributed by atoms with Crippen LogP contribution in [0.5, 0.6) is 0 Å². The Morgan fingerprint density at radius 2 is 2.33 bits per heavy atom. The molecule has 80 valence electrons. The topological polar surface area (TPSA) is 46.6 Å². The van der Waals surface area contributed by atoms with Gasteiger partial charge in [-0.05, 0) is 12.8 Å². The lowest BCUT2D eigenvalue weighted by Gasteiger charge is -2.15. The standard InChI is InChI=1S/C10H13NO3Si/c1-2-3-4-5-10(13)14-11-8(12)6-7-9(11)15/h1H,3-7,15H2. The van der Waals surface area contributed by atoms with Crippen LogP contribution in [-0.4, -0.2) is 32.1 Å². The van der Waals surface area contributed by atoms with Gasteiger partial charge in [-0.1, -0.05) is 0 Å². The average Bonchev–Trinajstić information content (AvgIpc) is 2.50. The average molecular weight is 223 g/mol. The first-order valence-electron chi connectivity index (χ1n) is 4.80. The third kappa shape index (κ3) is 3.33. The fourth-order valence-corrected chi connectivity index (χ4v) is 1.65. The number of carbonyl (C=O) groups excluding carboxylic acids is 2. The minimum atomic E-state index is -0.398. The molecule has 0 N–H and O–H groups in total. The molecule has 0 unspecified atom stereocenters. The Hall–Kier alpha value is -1.41. The predicted octanol–water partition coefficient (Wildman–Crippen LogP) is -0.367. The van der Waals surface area contributed by atoms with E-state index in [1.807, 2.05) is 0 Å². The van der Waals surface area contributed by atoms with Gasteiger partial charge in [-0.3, -0.25) is 4.79 Å². The van der Waals surface area contributed by atoms with E-state index in [2.05, 4.69) is 5.92 Å². The van der Waals surface area contributed by atoms with Crippen LogP contribution in [0.15, 0.2) is 0 Å². The molecule has 0 aromatic heterocycles. The highest BCUT2D eigenvalue weighted by Gasteiger charge is 2.27. The second-order valence-electron chi connectivity index (χ2n) is 3.28. The van der Waals surface area contributed by atoms with E-state index in [1.165, 1.54) is 0 Å². The van der Waals surface area contributed by atoms with Gasteiger partial charge in [0.15, 0.2) is 0 Å². The highest BCUT2D eigenvalue weighted by Crippen LogP contribution is 2.12. The maximum Gasteiger partial charge on any atom is 0.333 e. The Bertz CT molecular complexity index is 316. The van der Waals surface area contributed by atoms with Crippen LogP contribution >= 0.6 is 0 Å². The van der Waals surface area contributed by atoms with Crippen molar-refractivity contribution in [2.45, 2.75) is 32.1 Å². The maximum atomic E-state index is 11.3. The van der Waals surface area contributed by atoms with Crippen molar-refractivity contribution in [3.05, 3.63) is 0 Å². The van der Waals surface area contributed by atoms with Crippen LogP contribution in [0.1, 0.15) is 32.1 Å². The van der Waals surface area contributed by atoms with Crippen molar-refractivity contribution in [2.24, 2.45) is 0 Å². The zero-order valence-corrected chi connectivity index (χ0v) is 9.91. The molecule has 1 aliphatic heterocycles. The molecular formula is C10H13NO3Si. The van der Waals surface area contributed by atoms with E-state index >= 15 is 0 Å². The highest BCUT2D eigenvalue weighted by molar-refractivity contribution is 6.40. The van der Waals surface area contributed by atoms with Crippen LogP contribution < -0.4 is 0 Å². The third-order valence-electron chi connectivity index (χ3n) is 2.04. The third-order valence-corrected chi connectivity index (χ3v) is 2.68. The molecule has 1 fully saturated rings. The minimum absolute atomic E-state index is 0.148. The number of carbonyl (C=O) groups is 2. The van der Waals surface area contributed by atoms with E-state index in [0.717, 1.165) is 10.4 Å². The van der Waals surface area contributed by atoms with Crippen LogP contribution in [-0.2, 0) is 14.4 Å². The second-order valence-corrected chi connectivity index (χ2v) is 4.09.